The molecule has 0 aliphatic carbocycles. The number of carbonyl (C=O) groups excluding carboxylic acids is 3. The van der Waals surface area contributed by atoms with E-state index in [0.717, 1.165) is 22.9 Å². The van der Waals surface area contributed by atoms with Crippen LogP contribution in [0, 0.1) is 5.92 Å². The SMILES string of the molecule is COC(=O)C(NC(=O)C(CCc1ccccc1)CSC(C)=O)c1cccc(OCc2ccccc2)c1. The van der Waals surface area contributed by atoms with Gasteiger partial charge in [0.1, 0.15) is 12.4 Å². The molecule has 6 nitrogen and oxygen atoms in total. The molecule has 0 aliphatic heterocycles. The summed E-state index contributed by atoms with van der Waals surface area (Å²) in [5.74, 6) is -0.423. The molecule has 188 valence electrons. The summed E-state index contributed by atoms with van der Waals surface area (Å²) >= 11 is 1.11. The molecule has 0 aromatic heterocycles. The minimum absolute atomic E-state index is 0.0553. The molecule has 0 bridgehead atoms. The predicted molar refractivity (Wildman–Crippen MR) is 142 cm³/mol. The molecule has 2 atom stereocenters. The number of rotatable bonds is 12. The monoisotopic (exact) mass is 505 g/mol. The first kappa shape index (κ1) is 27.0. The first-order valence-electron chi connectivity index (χ1n) is 11.8. The Morgan fingerprint density at radius 3 is 2.19 bits per heavy atom. The molecule has 3 aromatic carbocycles. The molecule has 0 fully saturated rings. The highest BCUT2D eigenvalue weighted by atomic mass is 32.2. The van der Waals surface area contributed by atoms with E-state index in [1.807, 2.05) is 60.7 Å². The zero-order valence-electron chi connectivity index (χ0n) is 20.5. The van der Waals surface area contributed by atoms with Crippen LogP contribution in [0.3, 0.4) is 0 Å². The summed E-state index contributed by atoms with van der Waals surface area (Å²) in [4.78, 5) is 37.6. The molecule has 3 aromatic rings. The number of carbonyl (C=O) groups is 3. The molecular formula is C29H31NO5S. The van der Waals surface area contributed by atoms with Gasteiger partial charge < -0.3 is 14.8 Å². The molecule has 1 N–H and O–H groups in total. The molecule has 1 amide bonds. The Balaban J connectivity index is 1.73. The van der Waals surface area contributed by atoms with Crippen LogP contribution in [0.15, 0.2) is 84.9 Å². The molecule has 7 heteroatoms. The summed E-state index contributed by atoms with van der Waals surface area (Å²) in [6.07, 6.45) is 1.23. The third-order valence-electron chi connectivity index (χ3n) is 5.65. The van der Waals surface area contributed by atoms with E-state index in [2.05, 4.69) is 5.32 Å². The Bertz CT molecular complexity index is 1140. The maximum Gasteiger partial charge on any atom is 0.333 e. The first-order valence-corrected chi connectivity index (χ1v) is 12.8. The Labute approximate surface area is 216 Å². The van der Waals surface area contributed by atoms with Crippen LogP contribution in [-0.2, 0) is 32.1 Å². The number of amides is 1. The van der Waals surface area contributed by atoms with E-state index in [-0.39, 0.29) is 11.0 Å². The van der Waals surface area contributed by atoms with Gasteiger partial charge >= 0.3 is 5.97 Å². The fraction of sp³-hybridized carbons (Fsp3) is 0.276. The van der Waals surface area contributed by atoms with Gasteiger partial charge in [-0.05, 0) is 41.7 Å². The smallest absolute Gasteiger partial charge is 0.333 e. The van der Waals surface area contributed by atoms with Gasteiger partial charge in [-0.15, -0.1) is 0 Å². The van der Waals surface area contributed by atoms with Gasteiger partial charge in [-0.3, -0.25) is 9.59 Å². The fourth-order valence-electron chi connectivity index (χ4n) is 3.67. The fourth-order valence-corrected chi connectivity index (χ4v) is 4.43. The van der Waals surface area contributed by atoms with Gasteiger partial charge in [0.25, 0.3) is 0 Å². The van der Waals surface area contributed by atoms with Crippen LogP contribution in [0.1, 0.15) is 36.1 Å². The number of methoxy groups -OCH3 is 1. The van der Waals surface area contributed by atoms with Crippen LogP contribution < -0.4 is 10.1 Å². The van der Waals surface area contributed by atoms with Crippen molar-refractivity contribution < 1.29 is 23.9 Å². The van der Waals surface area contributed by atoms with Crippen molar-refractivity contribution in [2.45, 2.75) is 32.4 Å². The van der Waals surface area contributed by atoms with Crippen LogP contribution in [0.5, 0.6) is 5.75 Å². The maximum absolute atomic E-state index is 13.3. The summed E-state index contributed by atoms with van der Waals surface area (Å²) in [7, 11) is 1.29. The summed E-state index contributed by atoms with van der Waals surface area (Å²) in [5.41, 5.74) is 2.68. The number of hydrogen-bond acceptors (Lipinski definition) is 6. The second-order valence-corrected chi connectivity index (χ2v) is 9.53. The molecule has 0 spiro atoms. The number of ether oxygens (including phenoxy) is 2. The van der Waals surface area contributed by atoms with E-state index in [0.29, 0.717) is 36.5 Å². The first-order chi connectivity index (χ1) is 17.5. The van der Waals surface area contributed by atoms with Crippen LogP contribution >= 0.6 is 11.8 Å². The Morgan fingerprint density at radius 2 is 1.56 bits per heavy atom. The largest absolute Gasteiger partial charge is 0.489 e. The number of nitrogens with one attached hydrogen (secondary N) is 1. The average molecular weight is 506 g/mol. The zero-order chi connectivity index (χ0) is 25.8. The van der Waals surface area contributed by atoms with Gasteiger partial charge in [-0.2, -0.15) is 0 Å². The highest BCUT2D eigenvalue weighted by Crippen LogP contribution is 2.24. The number of esters is 1. The number of benzene rings is 3. The third kappa shape index (κ3) is 8.57. The van der Waals surface area contributed by atoms with Gasteiger partial charge in [0.2, 0.25) is 5.91 Å². The Kier molecular flexibility index (Phi) is 10.6. The standard InChI is InChI=1S/C29H31NO5S/c1-21(31)36-20-25(17-16-22-10-5-3-6-11-22)28(32)30-27(29(33)34-2)24-14-9-15-26(18-24)35-19-23-12-7-4-8-13-23/h3-15,18,25,27H,16-17,19-20H2,1-2H3,(H,30,32). The minimum atomic E-state index is -0.996. The summed E-state index contributed by atoms with van der Waals surface area (Å²) in [6, 6.07) is 25.7. The van der Waals surface area contributed by atoms with E-state index in [4.69, 9.17) is 9.47 Å². The highest BCUT2D eigenvalue weighted by molar-refractivity contribution is 8.13. The number of aryl methyl sites for hydroxylation is 1. The van der Waals surface area contributed by atoms with Crippen molar-refractivity contribution in [3.63, 3.8) is 0 Å². The van der Waals surface area contributed by atoms with Crippen molar-refractivity contribution >= 4 is 28.8 Å². The summed E-state index contributed by atoms with van der Waals surface area (Å²) in [5, 5.41) is 2.80. The van der Waals surface area contributed by atoms with E-state index in [1.54, 1.807) is 24.3 Å². The zero-order valence-corrected chi connectivity index (χ0v) is 21.3. The minimum Gasteiger partial charge on any atom is -0.489 e. The van der Waals surface area contributed by atoms with Crippen molar-refractivity contribution in [2.75, 3.05) is 12.9 Å². The van der Waals surface area contributed by atoms with Crippen molar-refractivity contribution in [3.8, 4) is 5.75 Å². The van der Waals surface area contributed by atoms with Crippen molar-refractivity contribution in [2.24, 2.45) is 5.92 Å². The van der Waals surface area contributed by atoms with Crippen LogP contribution in [0.2, 0.25) is 0 Å². The van der Waals surface area contributed by atoms with Crippen molar-refractivity contribution in [1.29, 1.82) is 0 Å². The molecule has 0 radical (unpaired) electrons. The lowest BCUT2D eigenvalue weighted by molar-refractivity contribution is -0.145. The second kappa shape index (κ2) is 14.1. The molecule has 36 heavy (non-hydrogen) atoms. The van der Waals surface area contributed by atoms with Gasteiger partial charge in [0.05, 0.1) is 7.11 Å². The number of thioether (sulfide) groups is 1. The maximum atomic E-state index is 13.3. The molecule has 0 saturated heterocycles. The average Bonchev–Trinajstić information content (AvgIpc) is 2.91. The molecule has 2 unspecified atom stereocenters. The summed E-state index contributed by atoms with van der Waals surface area (Å²) in [6.45, 7) is 1.86. The lowest BCUT2D eigenvalue weighted by Crippen LogP contribution is -2.39. The lowest BCUT2D eigenvalue weighted by atomic mass is 9.99. The van der Waals surface area contributed by atoms with E-state index in [9.17, 15) is 14.4 Å². The summed E-state index contributed by atoms with van der Waals surface area (Å²) < 4.78 is 10.9. The molecular weight excluding hydrogens is 474 g/mol. The molecule has 0 saturated carbocycles. The van der Waals surface area contributed by atoms with Gasteiger partial charge in [0, 0.05) is 18.6 Å². The van der Waals surface area contributed by atoms with Gasteiger partial charge in [-0.1, -0.05) is 84.6 Å². The normalized spacial score (nSPS) is 12.3. The lowest BCUT2D eigenvalue weighted by Gasteiger charge is -2.22. The van der Waals surface area contributed by atoms with Crippen molar-refractivity contribution in [1.82, 2.24) is 5.32 Å². The Hall–Kier alpha value is -3.58. The van der Waals surface area contributed by atoms with Crippen LogP contribution in [-0.4, -0.2) is 29.9 Å². The number of hydrogen-bond donors (Lipinski definition) is 1. The van der Waals surface area contributed by atoms with Crippen LogP contribution in [0.25, 0.3) is 0 Å². The second-order valence-electron chi connectivity index (χ2n) is 8.34. The van der Waals surface area contributed by atoms with Gasteiger partial charge in [-0.25, -0.2) is 4.79 Å². The topological polar surface area (TPSA) is 81.7 Å². The highest BCUT2D eigenvalue weighted by Gasteiger charge is 2.28. The van der Waals surface area contributed by atoms with Crippen molar-refractivity contribution in [3.05, 3.63) is 102 Å². The van der Waals surface area contributed by atoms with E-state index >= 15 is 0 Å². The molecule has 0 aliphatic rings. The Morgan fingerprint density at radius 1 is 0.889 bits per heavy atom. The van der Waals surface area contributed by atoms with Crippen LogP contribution in [0.4, 0.5) is 0 Å². The third-order valence-corrected chi connectivity index (χ3v) is 6.62. The quantitative estimate of drug-likeness (QED) is 0.344. The van der Waals surface area contributed by atoms with E-state index in [1.165, 1.54) is 14.0 Å². The molecule has 3 rings (SSSR count). The predicted octanol–water partition coefficient (Wildman–Crippen LogP) is 5.12. The van der Waals surface area contributed by atoms with Gasteiger partial charge in [0.15, 0.2) is 11.2 Å². The molecule has 0 heterocycles. The van der Waals surface area contributed by atoms with E-state index < -0.39 is 17.9 Å².